The quantitative estimate of drug-likeness (QED) is 0.815. The van der Waals surface area contributed by atoms with Crippen LogP contribution in [0.25, 0.3) is 6.08 Å². The van der Waals surface area contributed by atoms with Gasteiger partial charge in [-0.1, -0.05) is 24.6 Å². The maximum absolute atomic E-state index is 12.5. The highest BCUT2D eigenvalue weighted by molar-refractivity contribution is 6.32. The molecule has 0 aliphatic rings. The first-order chi connectivity index (χ1) is 9.90. The Balaban J connectivity index is 3.02. The van der Waals surface area contributed by atoms with Crippen LogP contribution >= 0.6 is 11.6 Å². The molecule has 0 spiro atoms. The average Bonchev–Trinajstić information content (AvgIpc) is 2.46. The first-order valence-corrected chi connectivity index (χ1v) is 7.30. The number of carbonyl (C=O) groups is 2. The molecule has 21 heavy (non-hydrogen) atoms. The molecule has 1 atom stereocenters. The van der Waals surface area contributed by atoms with Gasteiger partial charge in [0.1, 0.15) is 0 Å². The highest BCUT2D eigenvalue weighted by Gasteiger charge is 2.19. The van der Waals surface area contributed by atoms with E-state index in [9.17, 15) is 9.59 Å². The molecule has 0 saturated heterocycles. The zero-order valence-corrected chi connectivity index (χ0v) is 13.2. The van der Waals surface area contributed by atoms with Crippen molar-refractivity contribution in [3.8, 4) is 0 Å². The fourth-order valence-electron chi connectivity index (χ4n) is 2.00. The molecule has 0 aromatic heterocycles. The average molecular weight is 310 g/mol. The van der Waals surface area contributed by atoms with E-state index < -0.39 is 5.97 Å². The summed E-state index contributed by atoms with van der Waals surface area (Å²) in [5.74, 6) is -1.11. The third kappa shape index (κ3) is 4.60. The topological polar surface area (TPSA) is 57.6 Å². The number of rotatable bonds is 6. The van der Waals surface area contributed by atoms with E-state index in [1.165, 1.54) is 6.08 Å². The van der Waals surface area contributed by atoms with Gasteiger partial charge in [-0.15, -0.1) is 0 Å². The number of aliphatic carboxylic acids is 1. The van der Waals surface area contributed by atoms with Crippen molar-refractivity contribution in [2.75, 3.05) is 6.54 Å². The van der Waals surface area contributed by atoms with Gasteiger partial charge in [-0.3, -0.25) is 4.79 Å². The van der Waals surface area contributed by atoms with Crippen molar-refractivity contribution in [2.45, 2.75) is 33.2 Å². The third-order valence-corrected chi connectivity index (χ3v) is 3.70. The number of halogens is 1. The van der Waals surface area contributed by atoms with E-state index in [4.69, 9.17) is 16.7 Å². The Kier molecular flexibility index (Phi) is 6.43. The molecule has 0 radical (unpaired) electrons. The van der Waals surface area contributed by atoms with Gasteiger partial charge >= 0.3 is 5.97 Å². The number of carboxylic acids is 1. The van der Waals surface area contributed by atoms with Gasteiger partial charge in [0.25, 0.3) is 5.91 Å². The van der Waals surface area contributed by atoms with Gasteiger partial charge in [0.05, 0.1) is 0 Å². The number of benzene rings is 1. The Labute approximate surface area is 130 Å². The number of hydrogen-bond acceptors (Lipinski definition) is 2. The van der Waals surface area contributed by atoms with Gasteiger partial charge < -0.3 is 10.0 Å². The monoisotopic (exact) mass is 309 g/mol. The van der Waals surface area contributed by atoms with Gasteiger partial charge in [0.15, 0.2) is 0 Å². The van der Waals surface area contributed by atoms with E-state index in [0.717, 1.165) is 12.5 Å². The second-order valence-electron chi connectivity index (χ2n) is 4.76. The van der Waals surface area contributed by atoms with Crippen molar-refractivity contribution in [3.63, 3.8) is 0 Å². The van der Waals surface area contributed by atoms with Crippen molar-refractivity contribution in [1.29, 1.82) is 0 Å². The van der Waals surface area contributed by atoms with E-state index in [0.29, 0.717) is 22.7 Å². The molecule has 4 nitrogen and oxygen atoms in total. The lowest BCUT2D eigenvalue weighted by atomic mass is 10.1. The molecule has 5 heteroatoms. The fourth-order valence-corrected chi connectivity index (χ4v) is 2.24. The van der Waals surface area contributed by atoms with Crippen LogP contribution in [0.4, 0.5) is 0 Å². The van der Waals surface area contributed by atoms with E-state index in [1.54, 1.807) is 23.1 Å². The summed E-state index contributed by atoms with van der Waals surface area (Å²) in [6, 6.07) is 5.06. The first kappa shape index (κ1) is 17.2. The van der Waals surface area contributed by atoms with Gasteiger partial charge in [-0.05, 0) is 44.0 Å². The van der Waals surface area contributed by atoms with Crippen molar-refractivity contribution in [1.82, 2.24) is 4.90 Å². The molecule has 1 amide bonds. The Morgan fingerprint density at radius 3 is 2.52 bits per heavy atom. The third-order valence-electron chi connectivity index (χ3n) is 3.38. The van der Waals surface area contributed by atoms with Crippen LogP contribution in [0, 0.1) is 0 Å². The largest absolute Gasteiger partial charge is 0.478 e. The van der Waals surface area contributed by atoms with E-state index in [2.05, 4.69) is 0 Å². The lowest BCUT2D eigenvalue weighted by molar-refractivity contribution is -0.131. The first-order valence-electron chi connectivity index (χ1n) is 6.92. The minimum absolute atomic E-state index is 0.0671. The van der Waals surface area contributed by atoms with Gasteiger partial charge in [0.2, 0.25) is 0 Å². The van der Waals surface area contributed by atoms with Crippen LogP contribution in [-0.4, -0.2) is 34.5 Å². The Morgan fingerprint density at radius 2 is 2.05 bits per heavy atom. The Hall–Kier alpha value is -1.81. The van der Waals surface area contributed by atoms with Gasteiger partial charge in [0, 0.05) is 29.2 Å². The normalized spacial score (nSPS) is 12.4. The summed E-state index contributed by atoms with van der Waals surface area (Å²) in [6.45, 7) is 6.61. The number of nitrogens with zero attached hydrogens (tertiary/aromatic N) is 1. The molecule has 0 fully saturated rings. The summed E-state index contributed by atoms with van der Waals surface area (Å²) in [7, 11) is 0. The van der Waals surface area contributed by atoms with Crippen molar-refractivity contribution in [3.05, 3.63) is 40.4 Å². The highest BCUT2D eigenvalue weighted by atomic mass is 35.5. The minimum atomic E-state index is -1.04. The fraction of sp³-hybridized carbons (Fsp3) is 0.375. The Morgan fingerprint density at radius 1 is 1.38 bits per heavy atom. The van der Waals surface area contributed by atoms with E-state index >= 15 is 0 Å². The number of amides is 1. The zero-order chi connectivity index (χ0) is 16.0. The molecule has 1 rings (SSSR count). The molecule has 1 unspecified atom stereocenters. The molecular formula is C16H20ClNO3. The van der Waals surface area contributed by atoms with Crippen molar-refractivity contribution >= 4 is 29.6 Å². The second kappa shape index (κ2) is 7.84. The van der Waals surface area contributed by atoms with Crippen LogP contribution in [0.1, 0.15) is 43.1 Å². The highest BCUT2D eigenvalue weighted by Crippen LogP contribution is 2.21. The SMILES string of the molecule is CCC(C)N(CC)C(=O)c1ccc(/C=C/C(=O)O)c(Cl)c1. The molecule has 0 saturated carbocycles. The maximum Gasteiger partial charge on any atom is 0.328 e. The number of carbonyl (C=O) groups excluding carboxylic acids is 1. The molecule has 0 aliphatic carbocycles. The summed E-state index contributed by atoms with van der Waals surface area (Å²) < 4.78 is 0. The Bertz CT molecular complexity index is 554. The number of hydrogen-bond donors (Lipinski definition) is 1. The zero-order valence-electron chi connectivity index (χ0n) is 12.5. The number of carboxylic acid groups (broad SMARTS) is 1. The molecular weight excluding hydrogens is 290 g/mol. The van der Waals surface area contributed by atoms with Crippen LogP contribution in [0.5, 0.6) is 0 Å². The standard InChI is InChI=1S/C16H20ClNO3/c1-4-11(3)18(5-2)16(21)13-7-6-12(14(17)10-13)8-9-15(19)20/h6-11H,4-5H2,1-3H3,(H,19,20)/b9-8+. The molecule has 1 aromatic carbocycles. The lowest BCUT2D eigenvalue weighted by Crippen LogP contribution is -2.38. The van der Waals surface area contributed by atoms with Crippen LogP contribution < -0.4 is 0 Å². The smallest absolute Gasteiger partial charge is 0.328 e. The van der Waals surface area contributed by atoms with Gasteiger partial charge in [-0.25, -0.2) is 4.79 Å². The molecule has 114 valence electrons. The predicted molar refractivity (Wildman–Crippen MR) is 84.6 cm³/mol. The van der Waals surface area contributed by atoms with Crippen LogP contribution in [0.15, 0.2) is 24.3 Å². The lowest BCUT2D eigenvalue weighted by Gasteiger charge is -2.27. The van der Waals surface area contributed by atoms with Gasteiger partial charge in [-0.2, -0.15) is 0 Å². The van der Waals surface area contributed by atoms with Crippen molar-refractivity contribution in [2.24, 2.45) is 0 Å². The van der Waals surface area contributed by atoms with E-state index in [-0.39, 0.29) is 11.9 Å². The molecule has 1 N–H and O–H groups in total. The maximum atomic E-state index is 12.5. The summed E-state index contributed by atoms with van der Waals surface area (Å²) in [5.41, 5.74) is 1.08. The summed E-state index contributed by atoms with van der Waals surface area (Å²) in [6.07, 6.45) is 3.30. The van der Waals surface area contributed by atoms with Crippen LogP contribution in [-0.2, 0) is 4.79 Å². The van der Waals surface area contributed by atoms with Crippen LogP contribution in [0.3, 0.4) is 0 Å². The molecule has 1 aromatic rings. The molecule has 0 heterocycles. The summed E-state index contributed by atoms with van der Waals surface area (Å²) in [5, 5.41) is 8.97. The summed E-state index contributed by atoms with van der Waals surface area (Å²) in [4.78, 5) is 24.8. The predicted octanol–water partition coefficient (Wildman–Crippen LogP) is 3.70. The second-order valence-corrected chi connectivity index (χ2v) is 5.16. The summed E-state index contributed by atoms with van der Waals surface area (Å²) >= 11 is 6.10. The van der Waals surface area contributed by atoms with Crippen molar-refractivity contribution < 1.29 is 14.7 Å². The molecule has 0 aliphatic heterocycles. The minimum Gasteiger partial charge on any atom is -0.478 e. The molecule has 0 bridgehead atoms. The van der Waals surface area contributed by atoms with E-state index in [1.807, 2.05) is 20.8 Å². The van der Waals surface area contributed by atoms with Crippen LogP contribution in [0.2, 0.25) is 5.02 Å².